The van der Waals surface area contributed by atoms with Crippen molar-refractivity contribution in [1.29, 1.82) is 0 Å². The van der Waals surface area contributed by atoms with Crippen LogP contribution in [0.1, 0.15) is 11.1 Å². The fraction of sp³-hybridized carbons (Fsp3) is 0.368. The number of rotatable bonds is 5. The molecule has 0 atom stereocenters. The van der Waals surface area contributed by atoms with Gasteiger partial charge in [0.1, 0.15) is 0 Å². The van der Waals surface area contributed by atoms with E-state index < -0.39 is 5.79 Å². The van der Waals surface area contributed by atoms with Crippen molar-refractivity contribution >= 4 is 0 Å². The van der Waals surface area contributed by atoms with E-state index in [1.807, 2.05) is 65.6 Å². The molecule has 0 amide bonds. The highest BCUT2D eigenvalue weighted by molar-refractivity contribution is 5.21. The van der Waals surface area contributed by atoms with Crippen molar-refractivity contribution in [2.45, 2.75) is 18.6 Å². The molecule has 1 N–H and O–H groups in total. The van der Waals surface area contributed by atoms with E-state index in [9.17, 15) is 0 Å². The van der Waals surface area contributed by atoms with Gasteiger partial charge in [-0.3, -0.25) is 4.90 Å². The van der Waals surface area contributed by atoms with Crippen molar-refractivity contribution in [2.75, 3.05) is 26.2 Å². The molecule has 1 saturated heterocycles. The summed E-state index contributed by atoms with van der Waals surface area (Å²) < 4.78 is 15.9. The van der Waals surface area contributed by atoms with Crippen molar-refractivity contribution in [3.8, 4) is 0 Å². The highest BCUT2D eigenvalue weighted by Gasteiger charge is 2.37. The van der Waals surface area contributed by atoms with Crippen LogP contribution >= 0.6 is 0 Å². The third-order valence-electron chi connectivity index (χ3n) is 4.32. The van der Waals surface area contributed by atoms with Crippen LogP contribution in [0.4, 0.5) is 4.39 Å². The third kappa shape index (κ3) is 3.73. The lowest BCUT2D eigenvalue weighted by atomic mass is 9.94. The lowest BCUT2D eigenvalue weighted by Gasteiger charge is -2.40. The van der Waals surface area contributed by atoms with E-state index in [4.69, 9.17) is 0 Å². The maximum Gasteiger partial charge on any atom is 0.172 e. The smallest absolute Gasteiger partial charge is 0.172 e. The number of benzene rings is 2. The monoisotopic (exact) mass is 298 g/mol. The molecule has 0 unspecified atom stereocenters. The molecule has 1 heterocycles. The van der Waals surface area contributed by atoms with E-state index in [1.165, 1.54) is 0 Å². The molecule has 0 bridgehead atoms. The molecule has 3 heteroatoms. The largest absolute Gasteiger partial charge is 0.314 e. The Kier molecular flexibility index (Phi) is 4.86. The first kappa shape index (κ1) is 15.2. The van der Waals surface area contributed by atoms with Crippen LogP contribution in [0.2, 0.25) is 0 Å². The minimum absolute atomic E-state index is 0.433. The van der Waals surface area contributed by atoms with E-state index >= 15 is 4.39 Å². The van der Waals surface area contributed by atoms with Crippen molar-refractivity contribution < 1.29 is 4.39 Å². The number of hydrogen-bond acceptors (Lipinski definition) is 2. The highest BCUT2D eigenvalue weighted by atomic mass is 19.1. The van der Waals surface area contributed by atoms with Crippen molar-refractivity contribution in [3.63, 3.8) is 0 Å². The summed E-state index contributed by atoms with van der Waals surface area (Å²) in [6.07, 6.45) is 0.867. The fourth-order valence-corrected chi connectivity index (χ4v) is 3.17. The first-order chi connectivity index (χ1) is 10.8. The van der Waals surface area contributed by atoms with Crippen LogP contribution in [0.25, 0.3) is 0 Å². The maximum absolute atomic E-state index is 15.9. The maximum atomic E-state index is 15.9. The summed E-state index contributed by atoms with van der Waals surface area (Å²) in [5.74, 6) is -1.33. The van der Waals surface area contributed by atoms with E-state index in [0.29, 0.717) is 12.8 Å². The van der Waals surface area contributed by atoms with Crippen LogP contribution in [-0.4, -0.2) is 36.9 Å². The summed E-state index contributed by atoms with van der Waals surface area (Å²) in [7, 11) is 0. The molecular weight excluding hydrogens is 275 g/mol. The van der Waals surface area contributed by atoms with Crippen LogP contribution in [0.3, 0.4) is 0 Å². The molecule has 1 aliphatic rings. The molecule has 1 aliphatic heterocycles. The molecule has 0 aliphatic carbocycles. The van der Waals surface area contributed by atoms with Gasteiger partial charge in [0.2, 0.25) is 0 Å². The van der Waals surface area contributed by atoms with Gasteiger partial charge in [-0.05, 0) is 11.1 Å². The number of nitrogens with one attached hydrogen (secondary N) is 1. The zero-order valence-electron chi connectivity index (χ0n) is 12.8. The summed E-state index contributed by atoms with van der Waals surface area (Å²) >= 11 is 0. The Bertz CT molecular complexity index is 523. The van der Waals surface area contributed by atoms with Gasteiger partial charge >= 0.3 is 0 Å². The van der Waals surface area contributed by atoms with Crippen LogP contribution in [0.15, 0.2) is 60.7 Å². The second-order valence-corrected chi connectivity index (χ2v) is 5.98. The molecule has 1 fully saturated rings. The summed E-state index contributed by atoms with van der Waals surface area (Å²) in [4.78, 5) is 2.00. The first-order valence-electron chi connectivity index (χ1n) is 7.99. The molecule has 0 radical (unpaired) electrons. The predicted octanol–water partition coefficient (Wildman–Crippen LogP) is 3.04. The number of nitrogens with zero attached hydrogens (tertiary/aromatic N) is 1. The molecule has 116 valence electrons. The average Bonchev–Trinajstić information content (AvgIpc) is 2.57. The third-order valence-corrected chi connectivity index (χ3v) is 4.32. The van der Waals surface area contributed by atoms with Gasteiger partial charge in [-0.1, -0.05) is 60.7 Å². The van der Waals surface area contributed by atoms with E-state index in [2.05, 4.69) is 5.32 Å². The molecule has 0 aromatic heterocycles. The number of alkyl halides is 1. The molecule has 22 heavy (non-hydrogen) atoms. The highest BCUT2D eigenvalue weighted by Crippen LogP contribution is 2.28. The van der Waals surface area contributed by atoms with Crippen LogP contribution in [0.5, 0.6) is 0 Å². The number of piperazine rings is 1. The fourth-order valence-electron chi connectivity index (χ4n) is 3.17. The SMILES string of the molecule is FC(Cc1ccccc1)(Cc1ccccc1)N1CCNCC1. The lowest BCUT2D eigenvalue weighted by Crippen LogP contribution is -2.56. The quantitative estimate of drug-likeness (QED) is 0.854. The standard InChI is InChI=1S/C19H23FN2/c20-19(22-13-11-21-12-14-22,15-17-7-3-1-4-8-17)16-18-9-5-2-6-10-18/h1-10,21H,11-16H2. The summed E-state index contributed by atoms with van der Waals surface area (Å²) in [6, 6.07) is 19.9. The van der Waals surface area contributed by atoms with Gasteiger partial charge in [-0.2, -0.15) is 0 Å². The van der Waals surface area contributed by atoms with Gasteiger partial charge in [0, 0.05) is 39.0 Å². The zero-order valence-corrected chi connectivity index (χ0v) is 12.8. The molecule has 2 aromatic rings. The summed E-state index contributed by atoms with van der Waals surface area (Å²) in [5.41, 5.74) is 2.11. The predicted molar refractivity (Wildman–Crippen MR) is 88.6 cm³/mol. The molecule has 0 spiro atoms. The topological polar surface area (TPSA) is 15.3 Å². The van der Waals surface area contributed by atoms with Crippen LogP contribution in [-0.2, 0) is 12.8 Å². The Labute approximate surface area is 132 Å². The normalized spacial score (nSPS) is 16.6. The minimum Gasteiger partial charge on any atom is -0.314 e. The van der Waals surface area contributed by atoms with E-state index in [-0.39, 0.29) is 0 Å². The zero-order chi connectivity index (χ0) is 15.3. The Morgan fingerprint density at radius 3 is 1.73 bits per heavy atom. The van der Waals surface area contributed by atoms with Crippen LogP contribution < -0.4 is 5.32 Å². The second kappa shape index (κ2) is 7.03. The van der Waals surface area contributed by atoms with Gasteiger partial charge in [0.05, 0.1) is 0 Å². The van der Waals surface area contributed by atoms with Gasteiger partial charge in [-0.15, -0.1) is 0 Å². The van der Waals surface area contributed by atoms with Crippen molar-refractivity contribution in [3.05, 3.63) is 71.8 Å². The Hall–Kier alpha value is -1.71. The molecule has 3 rings (SSSR count). The minimum atomic E-state index is -1.33. The molecule has 2 nitrogen and oxygen atoms in total. The summed E-state index contributed by atoms with van der Waals surface area (Å²) in [5, 5.41) is 3.31. The Morgan fingerprint density at radius 2 is 1.27 bits per heavy atom. The Balaban J connectivity index is 1.83. The molecule has 2 aromatic carbocycles. The Morgan fingerprint density at radius 1 is 0.818 bits per heavy atom. The van der Waals surface area contributed by atoms with E-state index in [1.54, 1.807) is 0 Å². The van der Waals surface area contributed by atoms with Crippen molar-refractivity contribution in [2.24, 2.45) is 0 Å². The van der Waals surface area contributed by atoms with Gasteiger partial charge < -0.3 is 5.32 Å². The van der Waals surface area contributed by atoms with E-state index in [0.717, 1.165) is 37.3 Å². The second-order valence-electron chi connectivity index (χ2n) is 5.98. The lowest BCUT2D eigenvalue weighted by molar-refractivity contribution is -0.0413. The molecular formula is C19H23FN2. The first-order valence-corrected chi connectivity index (χ1v) is 7.99. The van der Waals surface area contributed by atoms with Gasteiger partial charge in [0.15, 0.2) is 5.79 Å². The van der Waals surface area contributed by atoms with Crippen molar-refractivity contribution in [1.82, 2.24) is 10.2 Å². The van der Waals surface area contributed by atoms with Crippen LogP contribution in [0, 0.1) is 0 Å². The molecule has 0 saturated carbocycles. The average molecular weight is 298 g/mol. The van der Waals surface area contributed by atoms with Gasteiger partial charge in [0.25, 0.3) is 0 Å². The summed E-state index contributed by atoms with van der Waals surface area (Å²) in [6.45, 7) is 3.23. The number of halogens is 1. The number of hydrogen-bond donors (Lipinski definition) is 1. The van der Waals surface area contributed by atoms with Gasteiger partial charge in [-0.25, -0.2) is 4.39 Å².